The van der Waals surface area contributed by atoms with Gasteiger partial charge in [-0.25, -0.2) is 4.79 Å². The van der Waals surface area contributed by atoms with Crippen LogP contribution in [0.25, 0.3) is 0 Å². The van der Waals surface area contributed by atoms with Crippen LogP contribution in [0, 0.1) is 6.92 Å². The first-order chi connectivity index (χ1) is 9.16. The van der Waals surface area contributed by atoms with Crippen molar-refractivity contribution in [3.63, 3.8) is 0 Å². The molecule has 0 spiro atoms. The minimum Gasteiger partial charge on any atom is -0.492 e. The topological polar surface area (TPSA) is 59.0 Å². The van der Waals surface area contributed by atoms with E-state index in [1.165, 1.54) is 0 Å². The first kappa shape index (κ1) is 16.8. The molecular formula is C14H20ClNO4. The standard InChI is InChI=1S/C14H19NO4.ClH/c1-11-10-12(2-3-13(11)14(16)17)19-9-6-15-4-7-18-8-5-15;/h2-3,10H,4-9H2,1H3,(H,16,17);1H. The zero-order chi connectivity index (χ0) is 13.7. The van der Waals surface area contributed by atoms with Gasteiger partial charge in [0.15, 0.2) is 0 Å². The van der Waals surface area contributed by atoms with Crippen LogP contribution in [0.15, 0.2) is 18.2 Å². The fraction of sp³-hybridized carbons (Fsp3) is 0.500. The zero-order valence-corrected chi connectivity index (χ0v) is 12.3. The molecule has 2 rings (SSSR count). The molecule has 5 nitrogen and oxygen atoms in total. The molecule has 6 heteroatoms. The highest BCUT2D eigenvalue weighted by atomic mass is 35.5. The lowest BCUT2D eigenvalue weighted by Gasteiger charge is -2.26. The lowest BCUT2D eigenvalue weighted by atomic mass is 10.1. The van der Waals surface area contributed by atoms with Crippen LogP contribution in [0.5, 0.6) is 5.75 Å². The molecule has 1 aliphatic rings. The second-order valence-corrected chi connectivity index (χ2v) is 4.58. The number of hydrogen-bond donors (Lipinski definition) is 1. The summed E-state index contributed by atoms with van der Waals surface area (Å²) in [7, 11) is 0. The van der Waals surface area contributed by atoms with Crippen molar-refractivity contribution < 1.29 is 19.4 Å². The Morgan fingerprint density at radius 3 is 2.70 bits per heavy atom. The summed E-state index contributed by atoms with van der Waals surface area (Å²) in [5, 5.41) is 8.94. The zero-order valence-electron chi connectivity index (χ0n) is 11.5. The molecule has 0 amide bonds. The lowest BCUT2D eigenvalue weighted by molar-refractivity contribution is 0.0322. The van der Waals surface area contributed by atoms with Crippen LogP contribution in [0.2, 0.25) is 0 Å². The van der Waals surface area contributed by atoms with Crippen molar-refractivity contribution in [2.75, 3.05) is 39.5 Å². The van der Waals surface area contributed by atoms with Crippen LogP contribution in [0.1, 0.15) is 15.9 Å². The first-order valence-electron chi connectivity index (χ1n) is 6.43. The second kappa shape index (κ2) is 8.09. The molecule has 0 aliphatic carbocycles. The summed E-state index contributed by atoms with van der Waals surface area (Å²) in [4.78, 5) is 13.2. The normalized spacial score (nSPS) is 15.4. The maximum Gasteiger partial charge on any atom is 0.335 e. The maximum absolute atomic E-state index is 10.9. The number of carboxylic acids is 1. The number of benzene rings is 1. The van der Waals surface area contributed by atoms with E-state index in [1.807, 2.05) is 0 Å². The Kier molecular flexibility index (Phi) is 6.78. The molecular weight excluding hydrogens is 282 g/mol. The van der Waals surface area contributed by atoms with E-state index < -0.39 is 5.97 Å². The van der Waals surface area contributed by atoms with Gasteiger partial charge in [0, 0.05) is 19.6 Å². The largest absolute Gasteiger partial charge is 0.492 e. The average Bonchev–Trinajstić information content (AvgIpc) is 2.39. The average molecular weight is 302 g/mol. The maximum atomic E-state index is 10.9. The molecule has 1 aliphatic heterocycles. The smallest absolute Gasteiger partial charge is 0.335 e. The van der Waals surface area contributed by atoms with Gasteiger partial charge in [0.05, 0.1) is 18.8 Å². The molecule has 1 saturated heterocycles. The van der Waals surface area contributed by atoms with E-state index in [9.17, 15) is 4.79 Å². The number of aryl methyl sites for hydroxylation is 1. The quantitative estimate of drug-likeness (QED) is 0.899. The lowest BCUT2D eigenvalue weighted by Crippen LogP contribution is -2.38. The monoisotopic (exact) mass is 301 g/mol. The molecule has 1 heterocycles. The van der Waals surface area contributed by atoms with E-state index in [0.717, 1.165) is 44.2 Å². The number of carboxylic acid groups (broad SMARTS) is 1. The molecule has 1 aromatic rings. The van der Waals surface area contributed by atoms with Crippen LogP contribution >= 0.6 is 12.4 Å². The van der Waals surface area contributed by atoms with Crippen molar-refractivity contribution in [1.82, 2.24) is 4.90 Å². The van der Waals surface area contributed by atoms with Crippen LogP contribution in [0.3, 0.4) is 0 Å². The number of halogens is 1. The van der Waals surface area contributed by atoms with Gasteiger partial charge >= 0.3 is 5.97 Å². The number of ether oxygens (including phenoxy) is 2. The fourth-order valence-corrected chi connectivity index (χ4v) is 2.08. The highest BCUT2D eigenvalue weighted by molar-refractivity contribution is 5.89. The number of nitrogens with zero attached hydrogens (tertiary/aromatic N) is 1. The van der Waals surface area contributed by atoms with Crippen molar-refractivity contribution >= 4 is 18.4 Å². The fourth-order valence-electron chi connectivity index (χ4n) is 2.08. The highest BCUT2D eigenvalue weighted by Gasteiger charge is 2.10. The van der Waals surface area contributed by atoms with Crippen LogP contribution in [-0.2, 0) is 4.74 Å². The predicted molar refractivity (Wildman–Crippen MR) is 78.1 cm³/mol. The van der Waals surface area contributed by atoms with E-state index in [0.29, 0.717) is 12.2 Å². The summed E-state index contributed by atoms with van der Waals surface area (Å²) in [6.45, 7) is 6.70. The third-order valence-electron chi connectivity index (χ3n) is 3.21. The van der Waals surface area contributed by atoms with E-state index >= 15 is 0 Å². The van der Waals surface area contributed by atoms with Crippen LogP contribution in [0.4, 0.5) is 0 Å². The third kappa shape index (κ3) is 4.67. The van der Waals surface area contributed by atoms with Gasteiger partial charge < -0.3 is 14.6 Å². The Labute approximate surface area is 124 Å². The molecule has 1 fully saturated rings. The number of hydrogen-bond acceptors (Lipinski definition) is 4. The highest BCUT2D eigenvalue weighted by Crippen LogP contribution is 2.17. The molecule has 0 saturated carbocycles. The minimum atomic E-state index is -0.905. The molecule has 0 bridgehead atoms. The Balaban J connectivity index is 0.00000200. The SMILES string of the molecule is Cc1cc(OCCN2CCOCC2)ccc1C(=O)O.Cl. The number of aromatic carboxylic acids is 1. The van der Waals surface area contributed by atoms with Gasteiger partial charge in [0.2, 0.25) is 0 Å². The van der Waals surface area contributed by atoms with Crippen molar-refractivity contribution in [3.05, 3.63) is 29.3 Å². The van der Waals surface area contributed by atoms with Gasteiger partial charge in [0.1, 0.15) is 12.4 Å². The molecule has 0 radical (unpaired) electrons. The number of carbonyl (C=O) groups is 1. The minimum absolute atomic E-state index is 0. The molecule has 0 aromatic heterocycles. The van der Waals surface area contributed by atoms with Crippen molar-refractivity contribution in [2.45, 2.75) is 6.92 Å². The third-order valence-corrected chi connectivity index (χ3v) is 3.21. The van der Waals surface area contributed by atoms with Crippen molar-refractivity contribution in [3.8, 4) is 5.75 Å². The Bertz CT molecular complexity index is 447. The van der Waals surface area contributed by atoms with Crippen LogP contribution in [-0.4, -0.2) is 55.4 Å². The second-order valence-electron chi connectivity index (χ2n) is 4.58. The number of rotatable bonds is 5. The molecule has 1 N–H and O–H groups in total. The van der Waals surface area contributed by atoms with Crippen LogP contribution < -0.4 is 4.74 Å². The van der Waals surface area contributed by atoms with Gasteiger partial charge in [-0.05, 0) is 30.7 Å². The predicted octanol–water partition coefficient (Wildman–Crippen LogP) is 1.83. The van der Waals surface area contributed by atoms with Gasteiger partial charge in [-0.15, -0.1) is 12.4 Å². The Morgan fingerprint density at radius 1 is 1.40 bits per heavy atom. The van der Waals surface area contributed by atoms with E-state index in [4.69, 9.17) is 14.6 Å². The molecule has 112 valence electrons. The first-order valence-corrected chi connectivity index (χ1v) is 6.43. The van der Waals surface area contributed by atoms with Gasteiger partial charge in [-0.1, -0.05) is 0 Å². The van der Waals surface area contributed by atoms with Gasteiger partial charge in [-0.3, -0.25) is 4.90 Å². The molecule has 0 atom stereocenters. The molecule has 0 unspecified atom stereocenters. The molecule has 1 aromatic carbocycles. The van der Waals surface area contributed by atoms with E-state index in [2.05, 4.69) is 4.90 Å². The summed E-state index contributed by atoms with van der Waals surface area (Å²) in [6, 6.07) is 5.06. The summed E-state index contributed by atoms with van der Waals surface area (Å²) in [6.07, 6.45) is 0. The van der Waals surface area contributed by atoms with Crippen molar-refractivity contribution in [1.29, 1.82) is 0 Å². The summed E-state index contributed by atoms with van der Waals surface area (Å²) in [5.74, 6) is -0.187. The summed E-state index contributed by atoms with van der Waals surface area (Å²) >= 11 is 0. The van der Waals surface area contributed by atoms with E-state index in [-0.39, 0.29) is 12.4 Å². The van der Waals surface area contributed by atoms with Gasteiger partial charge in [0.25, 0.3) is 0 Å². The van der Waals surface area contributed by atoms with Crippen molar-refractivity contribution in [2.24, 2.45) is 0 Å². The molecule has 20 heavy (non-hydrogen) atoms. The summed E-state index contributed by atoms with van der Waals surface area (Å²) in [5.41, 5.74) is 1.04. The Morgan fingerprint density at radius 2 is 2.10 bits per heavy atom. The van der Waals surface area contributed by atoms with E-state index in [1.54, 1.807) is 25.1 Å². The Hall–Kier alpha value is -1.30. The van der Waals surface area contributed by atoms with Gasteiger partial charge in [-0.2, -0.15) is 0 Å². The summed E-state index contributed by atoms with van der Waals surface area (Å²) < 4.78 is 10.9. The number of morpholine rings is 1.